The smallest absolute Gasteiger partial charge is 0.263 e. The summed E-state index contributed by atoms with van der Waals surface area (Å²) in [6, 6.07) is 11.7. The van der Waals surface area contributed by atoms with Gasteiger partial charge < -0.3 is 14.8 Å². The Bertz CT molecular complexity index is 931. The molecule has 0 bridgehead atoms. The molecule has 1 aromatic heterocycles. The van der Waals surface area contributed by atoms with Crippen LogP contribution in [0.1, 0.15) is 40.4 Å². The van der Waals surface area contributed by atoms with Gasteiger partial charge in [0, 0.05) is 18.8 Å². The van der Waals surface area contributed by atoms with E-state index < -0.39 is 0 Å². The summed E-state index contributed by atoms with van der Waals surface area (Å²) in [6.45, 7) is 2.16. The molecule has 2 aromatic rings. The molecular formula is C21H23N3O3. The lowest BCUT2D eigenvalue weighted by molar-refractivity contribution is -0.124. The molecule has 0 unspecified atom stereocenters. The number of amides is 2. The van der Waals surface area contributed by atoms with Gasteiger partial charge in [-0.15, -0.1) is 0 Å². The maximum absolute atomic E-state index is 13.1. The maximum atomic E-state index is 13.1. The Morgan fingerprint density at radius 1 is 1.15 bits per heavy atom. The first-order valence-corrected chi connectivity index (χ1v) is 9.37. The molecule has 1 aromatic carbocycles. The van der Waals surface area contributed by atoms with Gasteiger partial charge in [-0.3, -0.25) is 14.4 Å². The van der Waals surface area contributed by atoms with E-state index in [2.05, 4.69) is 5.32 Å². The van der Waals surface area contributed by atoms with Crippen molar-refractivity contribution in [3.63, 3.8) is 0 Å². The van der Waals surface area contributed by atoms with E-state index >= 15 is 0 Å². The fourth-order valence-electron chi connectivity index (χ4n) is 3.69. The van der Waals surface area contributed by atoms with Crippen LogP contribution in [0.3, 0.4) is 0 Å². The quantitative estimate of drug-likeness (QED) is 0.896. The van der Waals surface area contributed by atoms with Crippen molar-refractivity contribution in [1.82, 2.24) is 14.8 Å². The zero-order chi connectivity index (χ0) is 19.0. The van der Waals surface area contributed by atoms with Gasteiger partial charge in [0.1, 0.15) is 5.56 Å². The zero-order valence-corrected chi connectivity index (χ0v) is 15.4. The summed E-state index contributed by atoms with van der Waals surface area (Å²) >= 11 is 0. The number of hydrogen-bond acceptors (Lipinski definition) is 3. The van der Waals surface area contributed by atoms with Crippen molar-refractivity contribution in [2.45, 2.75) is 38.3 Å². The van der Waals surface area contributed by atoms with Crippen molar-refractivity contribution in [3.8, 4) is 0 Å². The van der Waals surface area contributed by atoms with Gasteiger partial charge in [-0.25, -0.2) is 0 Å². The average Bonchev–Trinajstić information content (AvgIpc) is 3.47. The van der Waals surface area contributed by atoms with E-state index in [0.717, 1.165) is 18.4 Å². The summed E-state index contributed by atoms with van der Waals surface area (Å²) < 4.78 is 1.66. The lowest BCUT2D eigenvalue weighted by atomic mass is 10.0. The summed E-state index contributed by atoms with van der Waals surface area (Å²) in [4.78, 5) is 39.6. The molecule has 6 heteroatoms. The molecule has 140 valence electrons. The number of nitrogens with one attached hydrogen (secondary N) is 1. The van der Waals surface area contributed by atoms with E-state index in [1.54, 1.807) is 17.7 Å². The Morgan fingerprint density at radius 3 is 2.59 bits per heavy atom. The van der Waals surface area contributed by atoms with Crippen LogP contribution < -0.4 is 10.9 Å². The third-order valence-corrected chi connectivity index (χ3v) is 5.23. The molecule has 1 aliphatic carbocycles. The van der Waals surface area contributed by atoms with Crippen LogP contribution in [-0.2, 0) is 11.2 Å². The first-order valence-electron chi connectivity index (χ1n) is 9.37. The van der Waals surface area contributed by atoms with Crippen LogP contribution in [0.4, 0.5) is 0 Å². The Labute approximate surface area is 157 Å². The Morgan fingerprint density at radius 2 is 1.89 bits per heavy atom. The Kier molecular flexibility index (Phi) is 4.56. The standard InChI is InChI=1S/C21H23N3O3/c1-14-9-10-24(17-7-8-17)21(27)19(14)20(26)23-12-16(22-18(25)13-23)11-15-5-3-2-4-6-15/h2-6,9-10,16-17H,7-8,11-13H2,1H3,(H,22,25)/t16-/m0/s1. The molecule has 2 fully saturated rings. The van der Waals surface area contributed by atoms with Gasteiger partial charge >= 0.3 is 0 Å². The molecule has 1 N–H and O–H groups in total. The van der Waals surface area contributed by atoms with Gasteiger partial charge in [0.15, 0.2) is 0 Å². The number of aryl methyl sites for hydroxylation is 1. The minimum Gasteiger partial charge on any atom is -0.350 e. The van der Waals surface area contributed by atoms with Gasteiger partial charge in [-0.05, 0) is 43.4 Å². The SMILES string of the molecule is Cc1ccn(C2CC2)c(=O)c1C(=O)N1CC(=O)N[C@@H](Cc2ccccc2)C1. The van der Waals surface area contributed by atoms with Gasteiger partial charge in [-0.2, -0.15) is 0 Å². The summed E-state index contributed by atoms with van der Waals surface area (Å²) in [5, 5.41) is 2.95. The maximum Gasteiger partial charge on any atom is 0.263 e. The number of hydrogen-bond donors (Lipinski definition) is 1. The first kappa shape index (κ1) is 17.5. The Hall–Kier alpha value is -2.89. The third-order valence-electron chi connectivity index (χ3n) is 5.23. The predicted molar refractivity (Wildman–Crippen MR) is 102 cm³/mol. The molecule has 1 atom stereocenters. The number of carbonyl (C=O) groups is 2. The summed E-state index contributed by atoms with van der Waals surface area (Å²) in [6.07, 6.45) is 4.37. The second kappa shape index (κ2) is 7.02. The minimum atomic E-state index is -0.347. The first-order chi connectivity index (χ1) is 13.0. The fraction of sp³-hybridized carbons (Fsp3) is 0.381. The van der Waals surface area contributed by atoms with Gasteiger partial charge in [0.2, 0.25) is 5.91 Å². The van der Waals surface area contributed by atoms with Gasteiger partial charge in [0.05, 0.1) is 12.6 Å². The van der Waals surface area contributed by atoms with E-state index in [-0.39, 0.29) is 41.6 Å². The number of piperazine rings is 1. The number of carbonyl (C=O) groups excluding carboxylic acids is 2. The van der Waals surface area contributed by atoms with Crippen LogP contribution in [0.15, 0.2) is 47.4 Å². The molecule has 2 amide bonds. The fourth-order valence-corrected chi connectivity index (χ4v) is 3.69. The summed E-state index contributed by atoms with van der Waals surface area (Å²) in [7, 11) is 0. The molecule has 27 heavy (non-hydrogen) atoms. The number of benzene rings is 1. The van der Waals surface area contributed by atoms with Crippen molar-refractivity contribution in [3.05, 3.63) is 69.6 Å². The van der Waals surface area contributed by atoms with Crippen LogP contribution in [0.2, 0.25) is 0 Å². The van der Waals surface area contributed by atoms with Crippen LogP contribution in [-0.4, -0.2) is 40.4 Å². The molecule has 2 heterocycles. The predicted octanol–water partition coefficient (Wildman–Crippen LogP) is 1.67. The number of pyridine rings is 1. The molecular weight excluding hydrogens is 342 g/mol. The average molecular weight is 365 g/mol. The van der Waals surface area contributed by atoms with Crippen LogP contribution in [0, 0.1) is 6.92 Å². The summed E-state index contributed by atoms with van der Waals surface area (Å²) in [5.74, 6) is -0.535. The molecule has 1 saturated carbocycles. The highest BCUT2D eigenvalue weighted by Crippen LogP contribution is 2.33. The highest BCUT2D eigenvalue weighted by atomic mass is 16.2. The minimum absolute atomic E-state index is 0.0126. The largest absolute Gasteiger partial charge is 0.350 e. The second-order valence-corrected chi connectivity index (χ2v) is 7.46. The highest BCUT2D eigenvalue weighted by Gasteiger charge is 2.32. The highest BCUT2D eigenvalue weighted by molar-refractivity contribution is 5.98. The normalized spacial score (nSPS) is 19.7. The van der Waals surface area contributed by atoms with E-state index in [9.17, 15) is 14.4 Å². The van der Waals surface area contributed by atoms with Crippen LogP contribution in [0.25, 0.3) is 0 Å². The van der Waals surface area contributed by atoms with Crippen molar-refractivity contribution in [1.29, 1.82) is 0 Å². The molecule has 1 aliphatic heterocycles. The molecule has 0 radical (unpaired) electrons. The molecule has 6 nitrogen and oxygen atoms in total. The zero-order valence-electron chi connectivity index (χ0n) is 15.4. The lowest BCUT2D eigenvalue weighted by Crippen LogP contribution is -2.57. The Balaban J connectivity index is 1.57. The summed E-state index contributed by atoms with van der Waals surface area (Å²) in [5.41, 5.74) is 1.71. The van der Waals surface area contributed by atoms with E-state index in [0.29, 0.717) is 18.5 Å². The monoisotopic (exact) mass is 365 g/mol. The molecule has 4 rings (SSSR count). The van der Waals surface area contributed by atoms with Gasteiger partial charge in [0.25, 0.3) is 11.5 Å². The van der Waals surface area contributed by atoms with E-state index in [4.69, 9.17) is 0 Å². The number of nitrogens with zero attached hydrogens (tertiary/aromatic N) is 2. The van der Waals surface area contributed by atoms with Crippen molar-refractivity contribution in [2.24, 2.45) is 0 Å². The topological polar surface area (TPSA) is 71.4 Å². The number of aromatic nitrogens is 1. The van der Waals surface area contributed by atoms with Crippen LogP contribution in [0.5, 0.6) is 0 Å². The third kappa shape index (κ3) is 3.65. The van der Waals surface area contributed by atoms with Crippen LogP contribution >= 0.6 is 0 Å². The molecule has 2 aliphatic rings. The van der Waals surface area contributed by atoms with Crippen molar-refractivity contribution in [2.75, 3.05) is 13.1 Å². The van der Waals surface area contributed by atoms with Gasteiger partial charge in [-0.1, -0.05) is 30.3 Å². The molecule has 0 spiro atoms. The van der Waals surface area contributed by atoms with E-state index in [1.807, 2.05) is 36.4 Å². The molecule has 1 saturated heterocycles. The van der Waals surface area contributed by atoms with E-state index in [1.165, 1.54) is 4.90 Å². The number of rotatable bonds is 4. The lowest BCUT2D eigenvalue weighted by Gasteiger charge is -2.33. The van der Waals surface area contributed by atoms with Crippen molar-refractivity contribution >= 4 is 11.8 Å². The van der Waals surface area contributed by atoms with Crippen molar-refractivity contribution < 1.29 is 9.59 Å². The second-order valence-electron chi connectivity index (χ2n) is 7.46.